The van der Waals surface area contributed by atoms with Crippen LogP contribution in [-0.2, 0) is 0 Å². The zero-order valence-electron chi connectivity index (χ0n) is 22.0. The third-order valence-electron chi connectivity index (χ3n) is 5.66. The van der Waals surface area contributed by atoms with Gasteiger partial charge in [-0.2, -0.15) is 0 Å². The van der Waals surface area contributed by atoms with E-state index in [0.29, 0.717) is 22.8 Å². The first-order chi connectivity index (χ1) is 18.8. The van der Waals surface area contributed by atoms with Gasteiger partial charge in [-0.3, -0.25) is 14.9 Å². The van der Waals surface area contributed by atoms with E-state index in [2.05, 4.69) is 5.32 Å². The van der Waals surface area contributed by atoms with E-state index in [1.807, 2.05) is 0 Å². The number of benzene rings is 3. The van der Waals surface area contributed by atoms with Gasteiger partial charge in [0.15, 0.2) is 34.5 Å². The van der Waals surface area contributed by atoms with E-state index in [9.17, 15) is 20.0 Å². The number of nitro groups is 1. The van der Waals surface area contributed by atoms with E-state index in [1.165, 1.54) is 60.0 Å². The lowest BCUT2D eigenvalue weighted by Gasteiger charge is -2.13. The molecule has 3 aromatic carbocycles. The first-order valence-corrected chi connectivity index (χ1v) is 11.5. The minimum atomic E-state index is -0.627. The molecule has 11 heteroatoms. The standard InChI is InChI=1S/C28H28N2O9/c1-35-22-10-9-19(16-20(22)30(33)34)21(31)12-13-29-26-18(8-11-23(36-2)27(26)32)7-6-17-14-24(37-3)28(39-5)25(15-17)38-4/h6-16,29,32H,1-5H3. The number of ketones is 1. The van der Waals surface area contributed by atoms with Gasteiger partial charge in [0.1, 0.15) is 0 Å². The lowest BCUT2D eigenvalue weighted by atomic mass is 10.1. The van der Waals surface area contributed by atoms with Gasteiger partial charge >= 0.3 is 5.69 Å². The second-order valence-corrected chi connectivity index (χ2v) is 7.86. The van der Waals surface area contributed by atoms with E-state index in [0.717, 1.165) is 11.6 Å². The van der Waals surface area contributed by atoms with Crippen molar-refractivity contribution >= 4 is 29.3 Å². The molecule has 3 rings (SSSR count). The van der Waals surface area contributed by atoms with Gasteiger partial charge in [-0.25, -0.2) is 0 Å². The number of phenols is 1. The van der Waals surface area contributed by atoms with Crippen LogP contribution in [0.5, 0.6) is 34.5 Å². The molecular weight excluding hydrogens is 508 g/mol. The summed E-state index contributed by atoms with van der Waals surface area (Å²) in [4.78, 5) is 23.3. The first-order valence-electron chi connectivity index (χ1n) is 11.5. The smallest absolute Gasteiger partial charge is 0.311 e. The normalized spacial score (nSPS) is 10.9. The largest absolute Gasteiger partial charge is 0.503 e. The van der Waals surface area contributed by atoms with Crippen molar-refractivity contribution in [2.45, 2.75) is 0 Å². The number of hydrogen-bond donors (Lipinski definition) is 2. The molecule has 0 atom stereocenters. The number of nitro benzene ring substituents is 1. The highest BCUT2D eigenvalue weighted by Gasteiger charge is 2.18. The highest BCUT2D eigenvalue weighted by molar-refractivity contribution is 6.05. The molecule has 0 saturated carbocycles. The van der Waals surface area contributed by atoms with Crippen molar-refractivity contribution in [3.8, 4) is 34.5 Å². The molecule has 0 radical (unpaired) electrons. The van der Waals surface area contributed by atoms with Crippen LogP contribution in [0.3, 0.4) is 0 Å². The molecule has 0 aliphatic carbocycles. The van der Waals surface area contributed by atoms with Crippen molar-refractivity contribution < 1.29 is 38.5 Å². The lowest BCUT2D eigenvalue weighted by Crippen LogP contribution is -2.00. The SMILES string of the molecule is COc1ccc(C(=O)C=CNc2c(C=Cc3cc(OC)c(OC)c(OC)c3)ccc(OC)c2O)cc1[N+](=O)[O-]. The number of nitrogens with one attached hydrogen (secondary N) is 1. The molecule has 0 aliphatic rings. The summed E-state index contributed by atoms with van der Waals surface area (Å²) in [6.07, 6.45) is 6.04. The predicted molar refractivity (Wildman–Crippen MR) is 146 cm³/mol. The second-order valence-electron chi connectivity index (χ2n) is 7.86. The maximum Gasteiger partial charge on any atom is 0.311 e. The summed E-state index contributed by atoms with van der Waals surface area (Å²) in [5.41, 5.74) is 1.34. The zero-order valence-corrected chi connectivity index (χ0v) is 22.0. The molecule has 11 nitrogen and oxygen atoms in total. The summed E-state index contributed by atoms with van der Waals surface area (Å²) < 4.78 is 26.3. The van der Waals surface area contributed by atoms with Crippen LogP contribution in [0.4, 0.5) is 11.4 Å². The van der Waals surface area contributed by atoms with E-state index < -0.39 is 10.7 Å². The zero-order chi connectivity index (χ0) is 28.5. The number of rotatable bonds is 12. The number of nitrogens with zero attached hydrogens (tertiary/aromatic N) is 1. The number of anilines is 1. The number of allylic oxidation sites excluding steroid dienone is 1. The molecule has 0 aliphatic heterocycles. The van der Waals surface area contributed by atoms with Crippen LogP contribution < -0.4 is 29.0 Å². The Hall–Kier alpha value is -5.19. The van der Waals surface area contributed by atoms with Gasteiger partial charge in [0.05, 0.1) is 46.2 Å². The molecule has 0 heterocycles. The number of ether oxygens (including phenoxy) is 5. The molecule has 0 spiro atoms. The van der Waals surface area contributed by atoms with Crippen molar-refractivity contribution in [3.05, 3.63) is 81.5 Å². The fourth-order valence-electron chi connectivity index (χ4n) is 3.71. The Morgan fingerprint density at radius 2 is 1.46 bits per heavy atom. The number of phenolic OH excluding ortho intramolecular Hbond substituents is 1. The van der Waals surface area contributed by atoms with Crippen molar-refractivity contribution in [2.75, 3.05) is 40.9 Å². The summed E-state index contributed by atoms with van der Waals surface area (Å²) in [6, 6.07) is 10.8. The van der Waals surface area contributed by atoms with Crippen molar-refractivity contribution in [3.63, 3.8) is 0 Å². The maximum absolute atomic E-state index is 12.7. The average Bonchev–Trinajstić information content (AvgIpc) is 2.95. The number of carbonyl (C=O) groups is 1. The number of aromatic hydroxyl groups is 1. The van der Waals surface area contributed by atoms with Gasteiger partial charge in [-0.05, 0) is 42.0 Å². The van der Waals surface area contributed by atoms with E-state index in [4.69, 9.17) is 23.7 Å². The van der Waals surface area contributed by atoms with E-state index in [-0.39, 0.29) is 34.2 Å². The predicted octanol–water partition coefficient (Wildman–Crippen LogP) is 5.32. The van der Waals surface area contributed by atoms with Gasteiger partial charge in [0.2, 0.25) is 5.75 Å². The van der Waals surface area contributed by atoms with E-state index in [1.54, 1.807) is 36.4 Å². The summed E-state index contributed by atoms with van der Waals surface area (Å²) in [5.74, 6) is 1.00. The van der Waals surface area contributed by atoms with Crippen molar-refractivity contribution in [1.29, 1.82) is 0 Å². The van der Waals surface area contributed by atoms with Gasteiger partial charge in [-0.15, -0.1) is 0 Å². The summed E-state index contributed by atoms with van der Waals surface area (Å²) in [5, 5.41) is 24.9. The Kier molecular flexibility index (Phi) is 9.36. The third kappa shape index (κ3) is 6.39. The quantitative estimate of drug-likeness (QED) is 0.0780. The Morgan fingerprint density at radius 3 is 2.03 bits per heavy atom. The average molecular weight is 537 g/mol. The van der Waals surface area contributed by atoms with Gasteiger partial charge in [0.25, 0.3) is 0 Å². The topological polar surface area (TPSA) is 139 Å². The fourth-order valence-corrected chi connectivity index (χ4v) is 3.71. The Labute approximate surface area is 225 Å². The molecule has 0 amide bonds. The Balaban J connectivity index is 1.91. The number of hydrogen-bond acceptors (Lipinski definition) is 10. The summed E-state index contributed by atoms with van der Waals surface area (Å²) >= 11 is 0. The minimum Gasteiger partial charge on any atom is -0.503 e. The van der Waals surface area contributed by atoms with Crippen LogP contribution in [0.1, 0.15) is 21.5 Å². The molecule has 3 aromatic rings. The Morgan fingerprint density at radius 1 is 0.846 bits per heavy atom. The van der Waals surface area contributed by atoms with E-state index >= 15 is 0 Å². The molecule has 0 aromatic heterocycles. The van der Waals surface area contributed by atoms with Crippen molar-refractivity contribution in [1.82, 2.24) is 0 Å². The summed E-state index contributed by atoms with van der Waals surface area (Å²) in [6.45, 7) is 0. The highest BCUT2D eigenvalue weighted by atomic mass is 16.6. The van der Waals surface area contributed by atoms with Crippen LogP contribution in [0, 0.1) is 10.1 Å². The highest BCUT2D eigenvalue weighted by Crippen LogP contribution is 2.40. The number of methoxy groups -OCH3 is 5. The molecule has 0 fully saturated rings. The third-order valence-corrected chi connectivity index (χ3v) is 5.66. The summed E-state index contributed by atoms with van der Waals surface area (Å²) in [7, 11) is 7.28. The van der Waals surface area contributed by atoms with Crippen LogP contribution in [0.2, 0.25) is 0 Å². The van der Waals surface area contributed by atoms with Crippen LogP contribution >= 0.6 is 0 Å². The maximum atomic E-state index is 12.7. The second kappa shape index (κ2) is 12.9. The van der Waals surface area contributed by atoms with Crippen molar-refractivity contribution in [2.24, 2.45) is 0 Å². The van der Waals surface area contributed by atoms with Crippen LogP contribution in [0.25, 0.3) is 12.2 Å². The minimum absolute atomic E-state index is 0.0449. The fraction of sp³-hybridized carbons (Fsp3) is 0.179. The molecule has 2 N–H and O–H groups in total. The monoisotopic (exact) mass is 536 g/mol. The van der Waals surface area contributed by atoms with Gasteiger partial charge in [0, 0.05) is 29.5 Å². The number of carbonyl (C=O) groups excluding carboxylic acids is 1. The lowest BCUT2D eigenvalue weighted by molar-refractivity contribution is -0.385. The van der Waals surface area contributed by atoms with Gasteiger partial charge in [-0.1, -0.05) is 12.2 Å². The van der Waals surface area contributed by atoms with Crippen LogP contribution in [0.15, 0.2) is 54.7 Å². The molecular formula is C28H28N2O9. The molecule has 0 saturated heterocycles. The molecule has 204 valence electrons. The van der Waals surface area contributed by atoms with Gasteiger partial charge < -0.3 is 34.1 Å². The molecule has 39 heavy (non-hydrogen) atoms. The molecule has 0 bridgehead atoms. The Bertz CT molecular complexity index is 1410. The first kappa shape index (κ1) is 28.4. The van der Waals surface area contributed by atoms with Crippen LogP contribution in [-0.4, -0.2) is 51.4 Å². The molecule has 0 unspecified atom stereocenters.